The van der Waals surface area contributed by atoms with Crippen LogP contribution in [0.15, 0.2) is 36.8 Å². The maximum atomic E-state index is 12.2. The average molecular weight is 391 g/mol. The number of nitrogens with one attached hydrogen (secondary N) is 1. The lowest BCUT2D eigenvalue weighted by Gasteiger charge is -2.08. The van der Waals surface area contributed by atoms with Crippen LogP contribution in [0, 0.1) is 5.92 Å². The summed E-state index contributed by atoms with van der Waals surface area (Å²) < 4.78 is 42.8. The zero-order valence-electron chi connectivity index (χ0n) is 14.6. The number of aromatic nitrogens is 4. The molecule has 1 aliphatic carbocycles. The van der Waals surface area contributed by atoms with Crippen molar-refractivity contribution < 1.29 is 22.7 Å². The van der Waals surface area contributed by atoms with E-state index in [-0.39, 0.29) is 17.7 Å². The average Bonchev–Trinajstić information content (AvgIpc) is 3.41. The van der Waals surface area contributed by atoms with Crippen molar-refractivity contribution in [1.82, 2.24) is 19.7 Å². The fourth-order valence-electron chi connectivity index (χ4n) is 2.67. The van der Waals surface area contributed by atoms with Gasteiger partial charge in [0.2, 0.25) is 11.8 Å². The number of hydrogen-bond acceptors (Lipinski definition) is 5. The van der Waals surface area contributed by atoms with Crippen LogP contribution in [0.4, 0.5) is 19.0 Å². The monoisotopic (exact) mass is 391 g/mol. The van der Waals surface area contributed by atoms with Crippen molar-refractivity contribution in [2.75, 3.05) is 11.9 Å². The van der Waals surface area contributed by atoms with Gasteiger partial charge >= 0.3 is 6.18 Å². The Hall–Kier alpha value is -3.17. The highest BCUT2D eigenvalue weighted by Gasteiger charge is 2.30. The van der Waals surface area contributed by atoms with Gasteiger partial charge in [0.15, 0.2) is 6.61 Å². The van der Waals surface area contributed by atoms with Crippen LogP contribution in [-0.2, 0) is 11.3 Å². The van der Waals surface area contributed by atoms with Crippen LogP contribution in [0.25, 0.3) is 10.9 Å². The molecule has 1 saturated carbocycles. The molecule has 10 heteroatoms. The Morgan fingerprint density at radius 3 is 2.75 bits per heavy atom. The van der Waals surface area contributed by atoms with Crippen molar-refractivity contribution in [3.05, 3.63) is 42.4 Å². The van der Waals surface area contributed by atoms with Crippen LogP contribution in [0.2, 0.25) is 0 Å². The van der Waals surface area contributed by atoms with E-state index in [4.69, 9.17) is 0 Å². The zero-order chi connectivity index (χ0) is 19.7. The quantitative estimate of drug-likeness (QED) is 0.698. The molecule has 1 aliphatic rings. The number of anilines is 1. The third kappa shape index (κ3) is 4.38. The van der Waals surface area contributed by atoms with Gasteiger partial charge in [-0.25, -0.2) is 9.97 Å². The number of halogens is 3. The van der Waals surface area contributed by atoms with Crippen LogP contribution in [0.5, 0.6) is 5.88 Å². The number of rotatable bonds is 6. The zero-order valence-corrected chi connectivity index (χ0v) is 14.6. The van der Waals surface area contributed by atoms with Gasteiger partial charge in [0.05, 0.1) is 17.4 Å². The van der Waals surface area contributed by atoms with Gasteiger partial charge in [0, 0.05) is 30.6 Å². The van der Waals surface area contributed by atoms with Crippen molar-refractivity contribution in [2.45, 2.75) is 25.6 Å². The van der Waals surface area contributed by atoms with Crippen LogP contribution < -0.4 is 10.1 Å². The normalized spacial score (nSPS) is 14.2. The molecule has 0 bridgehead atoms. The predicted molar refractivity (Wildman–Crippen MR) is 93.8 cm³/mol. The Labute approximate surface area is 157 Å². The molecule has 28 heavy (non-hydrogen) atoms. The smallest absolute Gasteiger partial charge is 0.422 e. The molecule has 0 aliphatic heterocycles. The molecule has 0 saturated heterocycles. The van der Waals surface area contributed by atoms with Crippen LogP contribution in [0.1, 0.15) is 18.4 Å². The molecule has 0 aromatic carbocycles. The van der Waals surface area contributed by atoms with Crippen molar-refractivity contribution in [3.8, 4) is 5.88 Å². The largest absolute Gasteiger partial charge is 0.468 e. The second-order valence-electron chi connectivity index (χ2n) is 6.59. The highest BCUT2D eigenvalue weighted by Crippen LogP contribution is 2.31. The molecule has 3 heterocycles. The van der Waals surface area contributed by atoms with Gasteiger partial charge in [0.1, 0.15) is 5.82 Å². The summed E-state index contributed by atoms with van der Waals surface area (Å²) in [5.74, 6) is 0.401. The first-order valence-corrected chi connectivity index (χ1v) is 8.65. The fraction of sp³-hybridized carbons (Fsp3) is 0.333. The molecule has 7 nitrogen and oxygen atoms in total. The van der Waals surface area contributed by atoms with Crippen molar-refractivity contribution >= 4 is 22.6 Å². The van der Waals surface area contributed by atoms with E-state index in [9.17, 15) is 18.0 Å². The molecule has 0 atom stereocenters. The summed E-state index contributed by atoms with van der Waals surface area (Å²) in [5, 5.41) is 8.00. The summed E-state index contributed by atoms with van der Waals surface area (Å²) in [6.45, 7) is -1.02. The Bertz CT molecular complexity index is 997. The minimum atomic E-state index is -4.41. The lowest BCUT2D eigenvalue weighted by Crippen LogP contribution is -2.19. The summed E-state index contributed by atoms with van der Waals surface area (Å²) in [5.41, 5.74) is 1.42. The Morgan fingerprint density at radius 2 is 2.07 bits per heavy atom. The molecule has 3 aromatic rings. The molecular formula is C18H16F3N5O2. The molecule has 1 amide bonds. The molecule has 3 aromatic heterocycles. The summed E-state index contributed by atoms with van der Waals surface area (Å²) in [6.07, 6.45) is 2.17. The molecule has 146 valence electrons. The van der Waals surface area contributed by atoms with E-state index in [1.54, 1.807) is 29.2 Å². The Kier molecular flexibility index (Phi) is 4.62. The predicted octanol–water partition coefficient (Wildman–Crippen LogP) is 3.16. The van der Waals surface area contributed by atoms with E-state index in [1.807, 2.05) is 0 Å². The maximum absolute atomic E-state index is 12.2. The van der Waals surface area contributed by atoms with E-state index in [0.717, 1.165) is 23.8 Å². The summed E-state index contributed by atoms with van der Waals surface area (Å²) in [6, 6.07) is 4.75. The van der Waals surface area contributed by atoms with E-state index in [0.29, 0.717) is 17.9 Å². The third-order valence-electron chi connectivity index (χ3n) is 4.20. The second kappa shape index (κ2) is 7.10. The van der Waals surface area contributed by atoms with Crippen molar-refractivity contribution in [2.24, 2.45) is 5.92 Å². The first-order valence-electron chi connectivity index (χ1n) is 8.65. The van der Waals surface area contributed by atoms with Gasteiger partial charge in [-0.05, 0) is 24.5 Å². The number of ether oxygens (including phenoxy) is 1. The van der Waals surface area contributed by atoms with Crippen LogP contribution >= 0.6 is 0 Å². The number of amides is 1. The third-order valence-corrected chi connectivity index (χ3v) is 4.20. The molecule has 4 rings (SSSR count). The lowest BCUT2D eigenvalue weighted by atomic mass is 10.3. The molecule has 1 fully saturated rings. The Morgan fingerprint density at radius 1 is 1.25 bits per heavy atom. The minimum Gasteiger partial charge on any atom is -0.468 e. The first kappa shape index (κ1) is 18.2. The summed E-state index contributed by atoms with van der Waals surface area (Å²) in [4.78, 5) is 20.1. The Balaban J connectivity index is 1.46. The number of carbonyl (C=O) groups is 1. The van der Waals surface area contributed by atoms with Gasteiger partial charge in [0.25, 0.3) is 0 Å². The lowest BCUT2D eigenvalue weighted by molar-refractivity contribution is -0.154. The van der Waals surface area contributed by atoms with E-state index >= 15 is 0 Å². The molecule has 0 spiro atoms. The standard InChI is InChI=1S/C18H16F3N5O2/c19-18(20,21)10-28-15-4-1-11(7-23-15)8-26-9-13-14(25-26)5-6-22-16(13)24-17(27)12-2-3-12/h1,4-7,9,12H,2-3,8,10H2,(H,22,24,27). The second-order valence-corrected chi connectivity index (χ2v) is 6.59. The van der Waals surface area contributed by atoms with E-state index in [1.165, 1.54) is 12.3 Å². The number of hydrogen-bond donors (Lipinski definition) is 1. The van der Waals surface area contributed by atoms with Gasteiger partial charge in [-0.1, -0.05) is 6.07 Å². The number of fused-ring (bicyclic) bond motifs is 1. The molecular weight excluding hydrogens is 375 g/mol. The number of carbonyl (C=O) groups excluding carboxylic acids is 1. The first-order chi connectivity index (χ1) is 13.4. The minimum absolute atomic E-state index is 0.0357. The van der Waals surface area contributed by atoms with Crippen LogP contribution in [-0.4, -0.2) is 38.4 Å². The van der Waals surface area contributed by atoms with Crippen molar-refractivity contribution in [1.29, 1.82) is 0 Å². The molecule has 0 unspecified atom stereocenters. The van der Waals surface area contributed by atoms with Gasteiger partial charge in [-0.2, -0.15) is 18.3 Å². The maximum Gasteiger partial charge on any atom is 0.422 e. The molecule has 0 radical (unpaired) electrons. The number of pyridine rings is 2. The van der Waals surface area contributed by atoms with E-state index in [2.05, 4.69) is 25.1 Å². The topological polar surface area (TPSA) is 81.9 Å². The summed E-state index contributed by atoms with van der Waals surface area (Å²) in [7, 11) is 0. The highest BCUT2D eigenvalue weighted by molar-refractivity contribution is 6.00. The highest BCUT2D eigenvalue weighted by atomic mass is 19.4. The summed E-state index contributed by atoms with van der Waals surface area (Å²) >= 11 is 0. The van der Waals surface area contributed by atoms with Gasteiger partial charge in [-0.3, -0.25) is 9.48 Å². The van der Waals surface area contributed by atoms with Gasteiger partial charge in [-0.15, -0.1) is 0 Å². The number of nitrogens with zero attached hydrogens (tertiary/aromatic N) is 4. The van der Waals surface area contributed by atoms with Crippen molar-refractivity contribution in [3.63, 3.8) is 0 Å². The van der Waals surface area contributed by atoms with Gasteiger partial charge < -0.3 is 10.1 Å². The SMILES string of the molecule is O=C(Nc1nccc2nn(Cc3ccc(OCC(F)(F)F)nc3)cc12)C1CC1. The molecule has 1 N–H and O–H groups in total. The number of alkyl halides is 3. The van der Waals surface area contributed by atoms with E-state index < -0.39 is 12.8 Å². The van der Waals surface area contributed by atoms with Crippen LogP contribution in [0.3, 0.4) is 0 Å². The fourth-order valence-corrected chi connectivity index (χ4v) is 2.67.